The molecular weight excluding hydrogens is 270 g/mol. The zero-order chi connectivity index (χ0) is 14.5. The van der Waals surface area contributed by atoms with Gasteiger partial charge >= 0.3 is 0 Å². The lowest BCUT2D eigenvalue weighted by molar-refractivity contribution is -0.137. The number of carbonyl (C=O) groups is 1. The van der Waals surface area contributed by atoms with Crippen LogP contribution in [0.2, 0.25) is 0 Å². The van der Waals surface area contributed by atoms with Gasteiger partial charge in [-0.1, -0.05) is 6.07 Å². The Hall–Kier alpha value is -1.75. The van der Waals surface area contributed by atoms with E-state index in [1.165, 1.54) is 6.42 Å². The van der Waals surface area contributed by atoms with Crippen LogP contribution < -0.4 is 9.47 Å². The summed E-state index contributed by atoms with van der Waals surface area (Å²) in [6.07, 6.45) is 4.23. The molecule has 0 spiro atoms. The third-order valence-electron chi connectivity index (χ3n) is 3.91. The van der Waals surface area contributed by atoms with Gasteiger partial charge in [0.1, 0.15) is 6.61 Å². The van der Waals surface area contributed by atoms with E-state index in [0.29, 0.717) is 13.4 Å². The van der Waals surface area contributed by atoms with Crippen LogP contribution in [0, 0.1) is 0 Å². The van der Waals surface area contributed by atoms with Crippen molar-refractivity contribution >= 4 is 5.91 Å². The van der Waals surface area contributed by atoms with E-state index in [9.17, 15) is 4.79 Å². The predicted octanol–water partition coefficient (Wildman–Crippen LogP) is 1.99. The second kappa shape index (κ2) is 6.80. The van der Waals surface area contributed by atoms with Crippen LogP contribution in [0.4, 0.5) is 0 Å². The second-order valence-electron chi connectivity index (χ2n) is 5.43. The lowest BCUT2D eigenvalue weighted by Crippen LogP contribution is -2.38. The minimum absolute atomic E-state index is 0.111. The minimum atomic E-state index is 0.111. The van der Waals surface area contributed by atoms with Crippen molar-refractivity contribution in [3.8, 4) is 11.5 Å². The van der Waals surface area contributed by atoms with Crippen molar-refractivity contribution in [3.05, 3.63) is 23.8 Å². The molecule has 5 nitrogen and oxygen atoms in total. The average molecular weight is 291 g/mol. The molecule has 2 heterocycles. The SMILES string of the molecule is O=C(COCCc1ccc2c(c1)OCO2)N1CCCCC1. The summed E-state index contributed by atoms with van der Waals surface area (Å²) in [5, 5.41) is 0. The molecule has 0 unspecified atom stereocenters. The summed E-state index contributed by atoms with van der Waals surface area (Å²) in [5.41, 5.74) is 1.13. The number of nitrogens with zero attached hydrogens (tertiary/aromatic N) is 1. The van der Waals surface area contributed by atoms with Crippen molar-refractivity contribution in [3.63, 3.8) is 0 Å². The van der Waals surface area contributed by atoms with Gasteiger partial charge in [0.05, 0.1) is 6.61 Å². The van der Waals surface area contributed by atoms with E-state index in [-0.39, 0.29) is 12.5 Å². The van der Waals surface area contributed by atoms with Crippen LogP contribution in [0.5, 0.6) is 11.5 Å². The molecule has 1 aromatic rings. The zero-order valence-electron chi connectivity index (χ0n) is 12.2. The number of benzene rings is 1. The standard InChI is InChI=1S/C16H21NO4/c18-16(17-7-2-1-3-8-17)11-19-9-6-13-4-5-14-15(10-13)21-12-20-14/h4-5,10H,1-3,6-9,11-12H2. The molecule has 1 saturated heterocycles. The Morgan fingerprint density at radius 3 is 2.81 bits per heavy atom. The molecule has 1 aromatic carbocycles. The van der Waals surface area contributed by atoms with E-state index in [1.54, 1.807) is 0 Å². The van der Waals surface area contributed by atoms with Crippen LogP contribution in [0.3, 0.4) is 0 Å². The Balaban J connectivity index is 1.39. The van der Waals surface area contributed by atoms with Gasteiger partial charge in [0.2, 0.25) is 12.7 Å². The summed E-state index contributed by atoms with van der Waals surface area (Å²) in [6.45, 7) is 2.78. The molecule has 0 aliphatic carbocycles. The quantitative estimate of drug-likeness (QED) is 0.778. The molecule has 114 valence electrons. The molecule has 1 amide bonds. The van der Waals surface area contributed by atoms with E-state index in [1.807, 2.05) is 23.1 Å². The Morgan fingerprint density at radius 2 is 1.95 bits per heavy atom. The van der Waals surface area contributed by atoms with E-state index in [2.05, 4.69) is 0 Å². The molecule has 0 bridgehead atoms. The molecule has 0 atom stereocenters. The number of likely N-dealkylation sites (tertiary alicyclic amines) is 1. The first kappa shape index (κ1) is 14.2. The van der Waals surface area contributed by atoms with Crippen LogP contribution in [-0.4, -0.2) is 43.9 Å². The second-order valence-corrected chi connectivity index (χ2v) is 5.43. The summed E-state index contributed by atoms with van der Waals surface area (Å²) >= 11 is 0. The number of hydrogen-bond donors (Lipinski definition) is 0. The summed E-state index contributed by atoms with van der Waals surface area (Å²) in [6, 6.07) is 5.89. The van der Waals surface area contributed by atoms with Crippen LogP contribution in [0.1, 0.15) is 24.8 Å². The number of piperidine rings is 1. The van der Waals surface area contributed by atoms with Crippen molar-refractivity contribution in [2.24, 2.45) is 0 Å². The number of ether oxygens (including phenoxy) is 3. The van der Waals surface area contributed by atoms with E-state index in [4.69, 9.17) is 14.2 Å². The summed E-state index contributed by atoms with van der Waals surface area (Å²) in [5.74, 6) is 1.69. The van der Waals surface area contributed by atoms with Crippen molar-refractivity contribution in [1.82, 2.24) is 4.90 Å². The van der Waals surface area contributed by atoms with Gasteiger partial charge in [0.15, 0.2) is 11.5 Å². The Bertz CT molecular complexity index is 497. The molecule has 0 saturated carbocycles. The van der Waals surface area contributed by atoms with Crippen LogP contribution in [-0.2, 0) is 16.0 Å². The fourth-order valence-electron chi connectivity index (χ4n) is 2.68. The van der Waals surface area contributed by atoms with Crippen molar-refractivity contribution in [2.45, 2.75) is 25.7 Å². The maximum absolute atomic E-state index is 11.9. The third kappa shape index (κ3) is 3.67. The van der Waals surface area contributed by atoms with E-state index < -0.39 is 0 Å². The van der Waals surface area contributed by atoms with Crippen molar-refractivity contribution < 1.29 is 19.0 Å². The highest BCUT2D eigenvalue weighted by Gasteiger charge is 2.16. The summed E-state index contributed by atoms with van der Waals surface area (Å²) in [4.78, 5) is 13.8. The molecule has 0 radical (unpaired) electrons. The lowest BCUT2D eigenvalue weighted by Gasteiger charge is -2.26. The van der Waals surface area contributed by atoms with Crippen LogP contribution >= 0.6 is 0 Å². The molecular formula is C16H21NO4. The first-order valence-corrected chi connectivity index (χ1v) is 7.57. The van der Waals surface area contributed by atoms with Gasteiger partial charge in [0, 0.05) is 13.1 Å². The molecule has 3 rings (SSSR count). The number of hydrogen-bond acceptors (Lipinski definition) is 4. The minimum Gasteiger partial charge on any atom is -0.454 e. The van der Waals surface area contributed by atoms with Gasteiger partial charge in [-0.15, -0.1) is 0 Å². The Labute approximate surface area is 124 Å². The van der Waals surface area contributed by atoms with Gasteiger partial charge in [-0.2, -0.15) is 0 Å². The predicted molar refractivity (Wildman–Crippen MR) is 77.5 cm³/mol. The van der Waals surface area contributed by atoms with Gasteiger partial charge < -0.3 is 19.1 Å². The number of amides is 1. The maximum atomic E-state index is 11.9. The topological polar surface area (TPSA) is 48.0 Å². The number of carbonyl (C=O) groups excluding carboxylic acids is 1. The number of rotatable bonds is 5. The first-order chi connectivity index (χ1) is 10.3. The maximum Gasteiger partial charge on any atom is 0.248 e. The van der Waals surface area contributed by atoms with E-state index in [0.717, 1.165) is 49.4 Å². The zero-order valence-corrected chi connectivity index (χ0v) is 12.2. The normalized spacial score (nSPS) is 17.0. The van der Waals surface area contributed by atoms with Crippen LogP contribution in [0.15, 0.2) is 18.2 Å². The fourth-order valence-corrected chi connectivity index (χ4v) is 2.68. The van der Waals surface area contributed by atoms with E-state index >= 15 is 0 Å². The molecule has 0 N–H and O–H groups in total. The summed E-state index contributed by atoms with van der Waals surface area (Å²) < 4.78 is 16.1. The molecule has 2 aliphatic rings. The molecule has 2 aliphatic heterocycles. The third-order valence-corrected chi connectivity index (χ3v) is 3.91. The average Bonchev–Trinajstić information content (AvgIpc) is 3.00. The van der Waals surface area contributed by atoms with Gasteiger partial charge in [0.25, 0.3) is 0 Å². The lowest BCUT2D eigenvalue weighted by atomic mass is 10.1. The Morgan fingerprint density at radius 1 is 1.14 bits per heavy atom. The largest absolute Gasteiger partial charge is 0.454 e. The molecule has 0 aromatic heterocycles. The highest BCUT2D eigenvalue weighted by atomic mass is 16.7. The smallest absolute Gasteiger partial charge is 0.248 e. The fraction of sp³-hybridized carbons (Fsp3) is 0.562. The van der Waals surface area contributed by atoms with Gasteiger partial charge in [-0.05, 0) is 43.4 Å². The van der Waals surface area contributed by atoms with Crippen molar-refractivity contribution in [2.75, 3.05) is 33.1 Å². The summed E-state index contributed by atoms with van der Waals surface area (Å²) in [7, 11) is 0. The highest BCUT2D eigenvalue weighted by molar-refractivity contribution is 5.77. The van der Waals surface area contributed by atoms with Gasteiger partial charge in [-0.25, -0.2) is 0 Å². The first-order valence-electron chi connectivity index (χ1n) is 7.57. The monoisotopic (exact) mass is 291 g/mol. The highest BCUT2D eigenvalue weighted by Crippen LogP contribution is 2.32. The molecule has 1 fully saturated rings. The van der Waals surface area contributed by atoms with Gasteiger partial charge in [-0.3, -0.25) is 4.79 Å². The van der Waals surface area contributed by atoms with Crippen molar-refractivity contribution in [1.29, 1.82) is 0 Å². The van der Waals surface area contributed by atoms with Crippen LogP contribution in [0.25, 0.3) is 0 Å². The number of fused-ring (bicyclic) bond motifs is 1. The molecule has 21 heavy (non-hydrogen) atoms. The molecule has 5 heteroatoms. The Kier molecular flexibility index (Phi) is 4.60.